The number of hydrogen-bond acceptors (Lipinski definition) is 5. The van der Waals surface area contributed by atoms with E-state index in [-0.39, 0.29) is 5.91 Å². The third-order valence-corrected chi connectivity index (χ3v) is 6.60. The Morgan fingerprint density at radius 2 is 1.41 bits per heavy atom. The number of hydrogen-bond donors (Lipinski definition) is 4. The van der Waals surface area contributed by atoms with E-state index in [4.69, 9.17) is 31.4 Å². The third-order valence-electron chi connectivity index (χ3n) is 6.34. The van der Waals surface area contributed by atoms with Crippen molar-refractivity contribution in [3.63, 3.8) is 0 Å². The van der Waals surface area contributed by atoms with Gasteiger partial charge < -0.3 is 20.8 Å². The Morgan fingerprint density at radius 3 is 1.89 bits per heavy atom. The molecule has 1 aliphatic heterocycles. The largest absolute Gasteiger partial charge is 0.490 e. The Balaban J connectivity index is 0.000000526. The number of carbonyl (C=O) groups is 3. The minimum atomic E-state index is -5.08. The number of benzene rings is 3. The van der Waals surface area contributed by atoms with Crippen molar-refractivity contribution in [1.82, 2.24) is 10.2 Å². The normalized spacial score (nSPS) is 13.3. The number of halogens is 4. The van der Waals surface area contributed by atoms with Crippen molar-refractivity contribution in [2.24, 2.45) is 0 Å². The molecule has 0 unspecified atom stereocenters. The van der Waals surface area contributed by atoms with Crippen LogP contribution in [0.25, 0.3) is 17.2 Å². The SMILES string of the molecule is CC(=O)O.CN(Cc1ccc(/C=C/C(=O)Nc2ccc(-c3ccc(Cl)cc3)cc2)cc1)C1CCNCC1.O=C(O)C(F)(F)F. The molecule has 236 valence electrons. The van der Waals surface area contributed by atoms with Gasteiger partial charge in [0, 0.05) is 36.3 Å². The van der Waals surface area contributed by atoms with Crippen molar-refractivity contribution in [1.29, 1.82) is 0 Å². The highest BCUT2D eigenvalue weighted by Gasteiger charge is 2.38. The lowest BCUT2D eigenvalue weighted by molar-refractivity contribution is -0.192. The predicted octanol–water partition coefficient (Wildman–Crippen LogP) is 6.57. The first kappa shape index (κ1) is 36.0. The lowest BCUT2D eigenvalue weighted by atomic mass is 10.0. The fourth-order valence-electron chi connectivity index (χ4n) is 4.14. The van der Waals surface area contributed by atoms with Crippen LogP contribution in [0.5, 0.6) is 0 Å². The summed E-state index contributed by atoms with van der Waals surface area (Å²) in [4.78, 5) is 32.7. The highest BCUT2D eigenvalue weighted by Crippen LogP contribution is 2.23. The van der Waals surface area contributed by atoms with Crippen LogP contribution in [0.3, 0.4) is 0 Å². The average molecular weight is 634 g/mol. The molecule has 0 aliphatic carbocycles. The lowest BCUT2D eigenvalue weighted by Crippen LogP contribution is -2.40. The van der Waals surface area contributed by atoms with Crippen molar-refractivity contribution in [3.05, 3.63) is 95.0 Å². The summed E-state index contributed by atoms with van der Waals surface area (Å²) in [7, 11) is 2.20. The zero-order chi connectivity index (χ0) is 32.7. The Bertz CT molecular complexity index is 1370. The van der Waals surface area contributed by atoms with E-state index in [0.717, 1.165) is 48.9 Å². The van der Waals surface area contributed by atoms with E-state index in [1.807, 2.05) is 54.6 Å². The number of nitrogens with one attached hydrogen (secondary N) is 2. The molecule has 0 bridgehead atoms. The van der Waals surface area contributed by atoms with Gasteiger partial charge in [0.05, 0.1) is 0 Å². The van der Waals surface area contributed by atoms with Gasteiger partial charge in [-0.2, -0.15) is 13.2 Å². The molecule has 1 heterocycles. The Hall–Kier alpha value is -4.19. The molecule has 4 N–H and O–H groups in total. The molecule has 4 rings (SSSR count). The second kappa shape index (κ2) is 17.8. The van der Waals surface area contributed by atoms with Gasteiger partial charge in [-0.25, -0.2) is 4.79 Å². The Labute approximate surface area is 259 Å². The highest BCUT2D eigenvalue weighted by atomic mass is 35.5. The number of nitrogens with zero attached hydrogens (tertiary/aromatic N) is 1. The minimum Gasteiger partial charge on any atom is -0.481 e. The summed E-state index contributed by atoms with van der Waals surface area (Å²) in [6.07, 6.45) is 0.744. The van der Waals surface area contributed by atoms with Crippen molar-refractivity contribution in [2.75, 3.05) is 25.5 Å². The summed E-state index contributed by atoms with van der Waals surface area (Å²) >= 11 is 5.95. The van der Waals surface area contributed by atoms with E-state index in [2.05, 4.69) is 46.8 Å². The molecule has 3 aromatic carbocycles. The summed E-state index contributed by atoms with van der Waals surface area (Å²) < 4.78 is 31.7. The van der Waals surface area contributed by atoms with Crippen LogP contribution in [0.4, 0.5) is 18.9 Å². The Morgan fingerprint density at radius 1 is 0.932 bits per heavy atom. The van der Waals surface area contributed by atoms with Gasteiger partial charge in [0.25, 0.3) is 5.97 Å². The molecule has 3 aromatic rings. The molecule has 0 saturated carbocycles. The predicted molar refractivity (Wildman–Crippen MR) is 165 cm³/mol. The second-order valence-electron chi connectivity index (χ2n) is 9.87. The van der Waals surface area contributed by atoms with Crippen LogP contribution < -0.4 is 10.6 Å². The first-order valence-corrected chi connectivity index (χ1v) is 14.0. The van der Waals surface area contributed by atoms with E-state index < -0.39 is 18.1 Å². The highest BCUT2D eigenvalue weighted by molar-refractivity contribution is 6.30. The van der Waals surface area contributed by atoms with Crippen molar-refractivity contribution < 1.29 is 37.8 Å². The molecule has 1 aliphatic rings. The first-order valence-electron chi connectivity index (χ1n) is 13.6. The number of piperidine rings is 1. The molecular weight excluding hydrogens is 599 g/mol. The molecule has 44 heavy (non-hydrogen) atoms. The number of carboxylic acid groups (broad SMARTS) is 2. The number of alkyl halides is 3. The van der Waals surface area contributed by atoms with E-state index in [1.54, 1.807) is 6.08 Å². The summed E-state index contributed by atoms with van der Waals surface area (Å²) in [5.41, 5.74) is 5.22. The van der Waals surface area contributed by atoms with E-state index in [1.165, 1.54) is 18.4 Å². The van der Waals surface area contributed by atoms with E-state index in [9.17, 15) is 18.0 Å². The first-order chi connectivity index (χ1) is 20.7. The molecule has 0 aromatic heterocycles. The standard InChI is InChI=1S/C28H30ClN3O.C2HF3O2.C2H4O2/c1-32(27-16-18-30-19-17-27)20-22-4-2-21(3-5-22)6-15-28(33)31-26-13-9-24(10-14-26)23-7-11-25(29)12-8-23;3-2(4,5)1(6)7;1-2(3)4/h2-15,27,30H,16-20H2,1H3,(H,31,33);(H,6,7);1H3,(H,3,4)/b15-6+;;. The van der Waals surface area contributed by atoms with Crippen LogP contribution in [-0.2, 0) is 20.9 Å². The molecule has 0 atom stereocenters. The van der Waals surface area contributed by atoms with Gasteiger partial charge in [-0.1, -0.05) is 60.1 Å². The number of carboxylic acids is 2. The van der Waals surface area contributed by atoms with Crippen LogP contribution in [0.15, 0.2) is 78.9 Å². The molecule has 1 fully saturated rings. The maximum absolute atomic E-state index is 12.3. The molecule has 0 spiro atoms. The number of carbonyl (C=O) groups excluding carboxylic acids is 1. The van der Waals surface area contributed by atoms with Gasteiger partial charge in [0.2, 0.25) is 5.91 Å². The van der Waals surface area contributed by atoms with E-state index in [0.29, 0.717) is 11.1 Å². The van der Waals surface area contributed by atoms with Gasteiger partial charge in [-0.3, -0.25) is 14.5 Å². The van der Waals surface area contributed by atoms with E-state index >= 15 is 0 Å². The van der Waals surface area contributed by atoms with Crippen LogP contribution in [0.2, 0.25) is 5.02 Å². The number of rotatable bonds is 7. The zero-order valence-corrected chi connectivity index (χ0v) is 25.0. The molecule has 0 radical (unpaired) electrons. The number of aliphatic carboxylic acids is 2. The van der Waals surface area contributed by atoms with Gasteiger partial charge in [0.1, 0.15) is 0 Å². The fourth-order valence-corrected chi connectivity index (χ4v) is 4.27. The lowest BCUT2D eigenvalue weighted by Gasteiger charge is -2.31. The Kier molecular flexibility index (Phi) is 14.6. The van der Waals surface area contributed by atoms with Crippen molar-refractivity contribution in [3.8, 4) is 11.1 Å². The minimum absolute atomic E-state index is 0.149. The van der Waals surface area contributed by atoms with Crippen molar-refractivity contribution in [2.45, 2.75) is 38.5 Å². The summed E-state index contributed by atoms with van der Waals surface area (Å²) in [5.74, 6) is -3.74. The van der Waals surface area contributed by atoms with Gasteiger partial charge in [-0.15, -0.1) is 0 Å². The van der Waals surface area contributed by atoms with Gasteiger partial charge in [-0.05, 0) is 85.6 Å². The van der Waals surface area contributed by atoms with Crippen LogP contribution in [0.1, 0.15) is 30.9 Å². The molecular formula is C32H35ClF3N3O5. The zero-order valence-electron chi connectivity index (χ0n) is 24.3. The average Bonchev–Trinajstić information content (AvgIpc) is 2.98. The summed E-state index contributed by atoms with van der Waals surface area (Å²) in [6, 6.07) is 24.6. The molecule has 1 amide bonds. The van der Waals surface area contributed by atoms with Crippen LogP contribution in [0, 0.1) is 0 Å². The monoisotopic (exact) mass is 633 g/mol. The summed E-state index contributed by atoms with van der Waals surface area (Å²) in [5, 5.41) is 21.6. The molecule has 8 nitrogen and oxygen atoms in total. The fraction of sp³-hybridized carbons (Fsp3) is 0.281. The van der Waals surface area contributed by atoms with Gasteiger partial charge >= 0.3 is 12.1 Å². The quantitative estimate of drug-likeness (QED) is 0.217. The maximum atomic E-state index is 12.3. The molecule has 1 saturated heterocycles. The van der Waals surface area contributed by atoms with Crippen LogP contribution >= 0.6 is 11.6 Å². The second-order valence-corrected chi connectivity index (χ2v) is 10.3. The number of anilines is 1. The van der Waals surface area contributed by atoms with Crippen molar-refractivity contribution >= 4 is 41.2 Å². The topological polar surface area (TPSA) is 119 Å². The molecule has 12 heteroatoms. The van der Waals surface area contributed by atoms with Crippen LogP contribution in [-0.4, -0.2) is 65.3 Å². The van der Waals surface area contributed by atoms with Gasteiger partial charge in [0.15, 0.2) is 0 Å². The smallest absolute Gasteiger partial charge is 0.481 e. The maximum Gasteiger partial charge on any atom is 0.490 e. The summed E-state index contributed by atoms with van der Waals surface area (Å²) in [6.45, 7) is 4.24. The number of amides is 1. The third kappa shape index (κ3) is 13.9.